The summed E-state index contributed by atoms with van der Waals surface area (Å²) in [4.78, 5) is 10.1. The summed E-state index contributed by atoms with van der Waals surface area (Å²) in [7, 11) is 1.76. The smallest absolute Gasteiger partial charge is 0.191 e. The Morgan fingerprint density at radius 3 is 2.52 bits per heavy atom. The van der Waals surface area contributed by atoms with E-state index in [1.54, 1.807) is 18.4 Å². The second-order valence-corrected chi connectivity index (χ2v) is 6.96. The molecule has 134 valence electrons. The SMILES string of the molecule is CN=C(NCc1nc(C)c(C)s1)NCc1oc2ccccc2c1C.I. The van der Waals surface area contributed by atoms with Crippen LogP contribution in [0, 0.1) is 20.8 Å². The highest BCUT2D eigenvalue weighted by Crippen LogP contribution is 2.24. The molecule has 0 saturated carbocycles. The predicted octanol–water partition coefficient (Wildman–Crippen LogP) is 4.30. The Hall–Kier alpha value is -1.61. The average Bonchev–Trinajstić information content (AvgIpc) is 3.08. The van der Waals surface area contributed by atoms with Gasteiger partial charge in [-0.1, -0.05) is 18.2 Å². The van der Waals surface area contributed by atoms with Gasteiger partial charge in [-0.15, -0.1) is 35.3 Å². The van der Waals surface area contributed by atoms with Crippen LogP contribution in [0.4, 0.5) is 0 Å². The van der Waals surface area contributed by atoms with E-state index in [-0.39, 0.29) is 24.0 Å². The lowest BCUT2D eigenvalue weighted by molar-refractivity contribution is 0.534. The molecule has 0 radical (unpaired) electrons. The fraction of sp³-hybridized carbons (Fsp3) is 0.333. The second kappa shape index (κ2) is 8.66. The molecule has 5 nitrogen and oxygen atoms in total. The number of aliphatic imine (C=N–C) groups is 1. The zero-order valence-corrected chi connectivity index (χ0v) is 18.0. The number of furan rings is 1. The van der Waals surface area contributed by atoms with Crippen LogP contribution in [-0.4, -0.2) is 18.0 Å². The lowest BCUT2D eigenvalue weighted by atomic mass is 10.1. The van der Waals surface area contributed by atoms with Gasteiger partial charge in [0.2, 0.25) is 0 Å². The van der Waals surface area contributed by atoms with E-state index < -0.39 is 0 Å². The van der Waals surface area contributed by atoms with Crippen molar-refractivity contribution in [1.82, 2.24) is 15.6 Å². The molecule has 0 aliphatic rings. The first-order valence-electron chi connectivity index (χ1n) is 7.93. The minimum Gasteiger partial charge on any atom is -0.459 e. The van der Waals surface area contributed by atoms with Gasteiger partial charge in [-0.05, 0) is 26.8 Å². The van der Waals surface area contributed by atoms with Gasteiger partial charge in [0.1, 0.15) is 16.4 Å². The number of benzene rings is 1. The molecule has 0 aliphatic carbocycles. The fourth-order valence-corrected chi connectivity index (χ4v) is 3.43. The summed E-state index contributed by atoms with van der Waals surface area (Å²) in [5, 5.41) is 8.82. The van der Waals surface area contributed by atoms with E-state index in [4.69, 9.17) is 4.42 Å². The van der Waals surface area contributed by atoms with Crippen LogP contribution in [0.3, 0.4) is 0 Å². The topological polar surface area (TPSA) is 62.5 Å². The van der Waals surface area contributed by atoms with Crippen LogP contribution in [0.1, 0.15) is 26.9 Å². The molecule has 3 rings (SSSR count). The van der Waals surface area contributed by atoms with Gasteiger partial charge in [0.15, 0.2) is 5.96 Å². The molecule has 2 heterocycles. The first-order chi connectivity index (χ1) is 11.6. The van der Waals surface area contributed by atoms with Gasteiger partial charge in [0, 0.05) is 22.9 Å². The van der Waals surface area contributed by atoms with Crippen molar-refractivity contribution in [3.63, 3.8) is 0 Å². The zero-order chi connectivity index (χ0) is 17.1. The number of aryl methyl sites for hydroxylation is 3. The first-order valence-corrected chi connectivity index (χ1v) is 8.74. The predicted molar refractivity (Wildman–Crippen MR) is 115 cm³/mol. The van der Waals surface area contributed by atoms with Crippen LogP contribution in [-0.2, 0) is 13.1 Å². The van der Waals surface area contributed by atoms with Crippen molar-refractivity contribution in [3.8, 4) is 0 Å². The Kier molecular flexibility index (Phi) is 6.83. The van der Waals surface area contributed by atoms with Gasteiger partial charge in [0.05, 0.1) is 18.8 Å². The van der Waals surface area contributed by atoms with E-state index in [0.717, 1.165) is 33.4 Å². The molecule has 0 bridgehead atoms. The monoisotopic (exact) mass is 470 g/mol. The van der Waals surface area contributed by atoms with Crippen molar-refractivity contribution < 1.29 is 4.42 Å². The zero-order valence-electron chi connectivity index (χ0n) is 14.8. The Balaban J connectivity index is 0.00000225. The van der Waals surface area contributed by atoms with Crippen LogP contribution in [0.2, 0.25) is 0 Å². The third-order valence-corrected chi connectivity index (χ3v) is 5.14. The lowest BCUT2D eigenvalue weighted by Crippen LogP contribution is -2.36. The molecule has 2 N–H and O–H groups in total. The summed E-state index contributed by atoms with van der Waals surface area (Å²) in [6.45, 7) is 7.47. The molecule has 3 aromatic rings. The number of nitrogens with one attached hydrogen (secondary N) is 2. The number of rotatable bonds is 4. The molecule has 2 aromatic heterocycles. The van der Waals surface area contributed by atoms with Gasteiger partial charge >= 0.3 is 0 Å². The van der Waals surface area contributed by atoms with E-state index in [1.807, 2.05) is 25.1 Å². The Bertz CT molecular complexity index is 865. The molecule has 0 atom stereocenters. The minimum absolute atomic E-state index is 0. The lowest BCUT2D eigenvalue weighted by Gasteiger charge is -2.10. The highest BCUT2D eigenvalue weighted by Gasteiger charge is 2.10. The summed E-state index contributed by atoms with van der Waals surface area (Å²) in [5.74, 6) is 1.67. The van der Waals surface area contributed by atoms with Crippen molar-refractivity contribution in [2.24, 2.45) is 4.99 Å². The van der Waals surface area contributed by atoms with Gasteiger partial charge in [-0.25, -0.2) is 4.98 Å². The molecule has 0 fully saturated rings. The van der Waals surface area contributed by atoms with Crippen molar-refractivity contribution >= 4 is 52.2 Å². The standard InChI is InChI=1S/C18H22N4OS.HI/c1-11-14-7-5-6-8-15(14)23-16(11)9-20-18(19-4)21-10-17-22-12(2)13(3)24-17;/h5-8H,9-10H2,1-4H3,(H2,19,20,21);1H. The van der Waals surface area contributed by atoms with Gasteiger partial charge in [-0.3, -0.25) is 4.99 Å². The first kappa shape index (κ1) is 19.7. The third-order valence-electron chi connectivity index (χ3n) is 4.06. The van der Waals surface area contributed by atoms with E-state index in [2.05, 4.69) is 40.5 Å². The molecule has 0 amide bonds. The summed E-state index contributed by atoms with van der Waals surface area (Å²) in [5.41, 5.74) is 3.18. The van der Waals surface area contributed by atoms with E-state index in [1.165, 1.54) is 10.4 Å². The highest BCUT2D eigenvalue weighted by molar-refractivity contribution is 14.0. The van der Waals surface area contributed by atoms with Crippen molar-refractivity contribution in [2.75, 3.05) is 7.05 Å². The highest BCUT2D eigenvalue weighted by atomic mass is 127. The maximum Gasteiger partial charge on any atom is 0.191 e. The summed E-state index contributed by atoms with van der Waals surface area (Å²) in [6, 6.07) is 8.09. The third kappa shape index (κ3) is 4.52. The van der Waals surface area contributed by atoms with Gasteiger partial charge in [0.25, 0.3) is 0 Å². The van der Waals surface area contributed by atoms with Crippen LogP contribution in [0.25, 0.3) is 11.0 Å². The van der Waals surface area contributed by atoms with Crippen molar-refractivity contribution in [3.05, 3.63) is 51.2 Å². The summed E-state index contributed by atoms with van der Waals surface area (Å²) >= 11 is 1.71. The van der Waals surface area contributed by atoms with Crippen molar-refractivity contribution in [2.45, 2.75) is 33.9 Å². The Morgan fingerprint density at radius 2 is 1.88 bits per heavy atom. The van der Waals surface area contributed by atoms with Crippen molar-refractivity contribution in [1.29, 1.82) is 0 Å². The largest absolute Gasteiger partial charge is 0.459 e. The number of halogens is 1. The Labute approximate surface area is 169 Å². The molecular weight excluding hydrogens is 447 g/mol. The Morgan fingerprint density at radius 1 is 1.16 bits per heavy atom. The summed E-state index contributed by atoms with van der Waals surface area (Å²) in [6.07, 6.45) is 0. The molecule has 0 aliphatic heterocycles. The number of hydrogen-bond acceptors (Lipinski definition) is 4. The number of nitrogens with zero attached hydrogens (tertiary/aromatic N) is 2. The fourth-order valence-electron chi connectivity index (χ4n) is 2.55. The molecule has 1 aromatic carbocycles. The second-order valence-electron chi connectivity index (χ2n) is 5.67. The normalized spacial score (nSPS) is 11.4. The maximum atomic E-state index is 5.92. The van der Waals surface area contributed by atoms with Crippen LogP contribution >= 0.6 is 35.3 Å². The van der Waals surface area contributed by atoms with Crippen LogP contribution in [0.15, 0.2) is 33.7 Å². The van der Waals surface area contributed by atoms with Crippen LogP contribution in [0.5, 0.6) is 0 Å². The van der Waals surface area contributed by atoms with E-state index in [9.17, 15) is 0 Å². The van der Waals surface area contributed by atoms with Gasteiger partial charge < -0.3 is 15.1 Å². The number of hydrogen-bond donors (Lipinski definition) is 2. The van der Waals surface area contributed by atoms with Crippen LogP contribution < -0.4 is 10.6 Å². The molecule has 0 spiro atoms. The number of guanidine groups is 1. The van der Waals surface area contributed by atoms with E-state index >= 15 is 0 Å². The summed E-state index contributed by atoms with van der Waals surface area (Å²) < 4.78 is 5.92. The van der Waals surface area contributed by atoms with Gasteiger partial charge in [-0.2, -0.15) is 0 Å². The maximum absolute atomic E-state index is 5.92. The number of para-hydroxylation sites is 1. The molecule has 25 heavy (non-hydrogen) atoms. The molecule has 0 unspecified atom stereocenters. The molecule has 0 saturated heterocycles. The average molecular weight is 470 g/mol. The number of thiazole rings is 1. The number of fused-ring (bicyclic) bond motifs is 1. The van der Waals surface area contributed by atoms with E-state index in [0.29, 0.717) is 13.1 Å². The quantitative estimate of drug-likeness (QED) is 0.339. The number of aromatic nitrogens is 1. The molecular formula is C18H23IN4OS. The molecule has 7 heteroatoms. The minimum atomic E-state index is 0.